The van der Waals surface area contributed by atoms with Crippen LogP contribution in [0, 0.1) is 0 Å². The Hall–Kier alpha value is -3.40. The average molecular weight is 431 g/mol. The molecule has 156 valence electrons. The van der Waals surface area contributed by atoms with Crippen molar-refractivity contribution in [1.29, 1.82) is 0 Å². The number of ether oxygens (including phenoxy) is 4. The van der Waals surface area contributed by atoms with Crippen LogP contribution in [0.4, 0.5) is 4.79 Å². The van der Waals surface area contributed by atoms with E-state index in [1.807, 2.05) is 6.92 Å². The Labute approximate surface area is 175 Å². The summed E-state index contributed by atoms with van der Waals surface area (Å²) in [5.41, 5.74) is 0.595. The zero-order valence-electron chi connectivity index (χ0n) is 16.1. The highest BCUT2D eigenvalue weighted by molar-refractivity contribution is 8.18. The molecule has 0 atom stereocenters. The zero-order valence-corrected chi connectivity index (χ0v) is 16.9. The lowest BCUT2D eigenvalue weighted by atomic mass is 10.1. The lowest BCUT2D eigenvalue weighted by Gasteiger charge is -2.10. The minimum Gasteiger partial charge on any atom is -0.493 e. The SMILES string of the molecule is CCOc1cc2c(cc1C=C1SC(=O)N(Cc3ccc(C(=O)OC)o3)C1=O)OCO2. The van der Waals surface area contributed by atoms with Crippen molar-refractivity contribution in [2.45, 2.75) is 13.5 Å². The molecule has 0 radical (unpaired) electrons. The summed E-state index contributed by atoms with van der Waals surface area (Å²) in [7, 11) is 1.23. The summed E-state index contributed by atoms with van der Waals surface area (Å²) in [6, 6.07) is 6.34. The van der Waals surface area contributed by atoms with Crippen LogP contribution in [0.1, 0.15) is 28.8 Å². The van der Waals surface area contributed by atoms with Gasteiger partial charge in [0.05, 0.1) is 25.2 Å². The van der Waals surface area contributed by atoms with Gasteiger partial charge in [-0.2, -0.15) is 0 Å². The molecule has 2 amide bonds. The highest BCUT2D eigenvalue weighted by Crippen LogP contribution is 2.41. The Morgan fingerprint density at radius 1 is 1.23 bits per heavy atom. The van der Waals surface area contributed by atoms with E-state index in [1.165, 1.54) is 19.2 Å². The number of rotatable bonds is 6. The predicted octanol–water partition coefficient (Wildman–Crippen LogP) is 3.43. The largest absolute Gasteiger partial charge is 0.493 e. The van der Waals surface area contributed by atoms with Gasteiger partial charge in [-0.1, -0.05) is 0 Å². The molecule has 1 fully saturated rings. The number of furan rings is 1. The van der Waals surface area contributed by atoms with Crippen molar-refractivity contribution in [3.8, 4) is 17.2 Å². The summed E-state index contributed by atoms with van der Waals surface area (Å²) < 4.78 is 26.3. The summed E-state index contributed by atoms with van der Waals surface area (Å²) in [5.74, 6) is 0.788. The standard InChI is InChI=1S/C20H17NO8S/c1-3-26-14-8-16-15(27-10-28-16)6-11(14)7-17-18(22)21(20(24)30-17)9-12-4-5-13(29-12)19(23)25-2/h4-8H,3,9-10H2,1-2H3. The van der Waals surface area contributed by atoms with Gasteiger partial charge in [0.1, 0.15) is 11.5 Å². The molecule has 10 heteroatoms. The Morgan fingerprint density at radius 2 is 2.00 bits per heavy atom. The topological polar surface area (TPSA) is 105 Å². The first kappa shape index (κ1) is 19.9. The Morgan fingerprint density at radius 3 is 2.73 bits per heavy atom. The van der Waals surface area contributed by atoms with Crippen molar-refractivity contribution in [3.05, 3.63) is 46.3 Å². The fraction of sp³-hybridized carbons (Fsp3) is 0.250. The van der Waals surface area contributed by atoms with Crippen molar-refractivity contribution in [1.82, 2.24) is 4.90 Å². The molecule has 3 heterocycles. The number of imide groups is 1. The number of benzene rings is 1. The van der Waals surface area contributed by atoms with Crippen LogP contribution >= 0.6 is 11.8 Å². The molecule has 0 N–H and O–H groups in total. The van der Waals surface area contributed by atoms with Gasteiger partial charge in [0.15, 0.2) is 11.5 Å². The highest BCUT2D eigenvalue weighted by Gasteiger charge is 2.36. The fourth-order valence-corrected chi connectivity index (χ4v) is 3.77. The molecular weight excluding hydrogens is 414 g/mol. The molecule has 9 nitrogen and oxygen atoms in total. The van der Waals surface area contributed by atoms with Gasteiger partial charge in [-0.3, -0.25) is 14.5 Å². The van der Waals surface area contributed by atoms with Gasteiger partial charge in [-0.25, -0.2) is 4.79 Å². The number of hydrogen-bond acceptors (Lipinski definition) is 9. The van der Waals surface area contributed by atoms with Gasteiger partial charge in [-0.05, 0) is 43.0 Å². The van der Waals surface area contributed by atoms with Gasteiger partial charge >= 0.3 is 5.97 Å². The number of fused-ring (bicyclic) bond motifs is 1. The smallest absolute Gasteiger partial charge is 0.373 e. The van der Waals surface area contributed by atoms with E-state index in [-0.39, 0.29) is 29.8 Å². The Balaban J connectivity index is 1.57. The van der Waals surface area contributed by atoms with E-state index in [2.05, 4.69) is 4.74 Å². The van der Waals surface area contributed by atoms with Crippen LogP contribution in [-0.4, -0.2) is 42.5 Å². The quantitative estimate of drug-likeness (QED) is 0.502. The molecule has 0 spiro atoms. The lowest BCUT2D eigenvalue weighted by molar-refractivity contribution is -0.123. The first-order valence-electron chi connectivity index (χ1n) is 8.99. The van der Waals surface area contributed by atoms with Gasteiger partial charge in [0.25, 0.3) is 11.1 Å². The first-order valence-corrected chi connectivity index (χ1v) is 9.80. The van der Waals surface area contributed by atoms with Crippen molar-refractivity contribution >= 4 is 35.0 Å². The average Bonchev–Trinajstić information content (AvgIpc) is 3.44. The third kappa shape index (κ3) is 3.73. The van der Waals surface area contributed by atoms with Gasteiger partial charge in [-0.15, -0.1) is 0 Å². The maximum Gasteiger partial charge on any atom is 0.373 e. The van der Waals surface area contributed by atoms with Crippen molar-refractivity contribution < 1.29 is 37.7 Å². The van der Waals surface area contributed by atoms with Crippen LogP contribution < -0.4 is 14.2 Å². The molecule has 2 aliphatic rings. The number of methoxy groups -OCH3 is 1. The minimum atomic E-state index is -0.637. The zero-order chi connectivity index (χ0) is 21.3. The fourth-order valence-electron chi connectivity index (χ4n) is 2.94. The number of esters is 1. The van der Waals surface area contributed by atoms with E-state index in [0.717, 1.165) is 16.7 Å². The summed E-state index contributed by atoms with van der Waals surface area (Å²) in [6.07, 6.45) is 1.58. The van der Waals surface area contributed by atoms with E-state index in [1.54, 1.807) is 18.2 Å². The van der Waals surface area contributed by atoms with Crippen LogP contribution in [-0.2, 0) is 16.1 Å². The molecular formula is C20H17NO8S. The first-order chi connectivity index (χ1) is 14.5. The second kappa shape index (κ2) is 8.15. The summed E-state index contributed by atoms with van der Waals surface area (Å²) in [6.45, 7) is 2.27. The van der Waals surface area contributed by atoms with Crippen LogP contribution in [0.15, 0.2) is 33.6 Å². The number of thioether (sulfide) groups is 1. The third-order valence-electron chi connectivity index (χ3n) is 4.33. The van der Waals surface area contributed by atoms with Crippen LogP contribution in [0.25, 0.3) is 6.08 Å². The molecule has 0 aliphatic carbocycles. The summed E-state index contributed by atoms with van der Waals surface area (Å²) in [4.78, 5) is 38.0. The van der Waals surface area contributed by atoms with Crippen LogP contribution in [0.5, 0.6) is 17.2 Å². The third-order valence-corrected chi connectivity index (χ3v) is 5.23. The monoisotopic (exact) mass is 431 g/mol. The van der Waals surface area contributed by atoms with Crippen LogP contribution in [0.3, 0.4) is 0 Å². The molecule has 0 saturated carbocycles. The van der Waals surface area contributed by atoms with E-state index < -0.39 is 17.1 Å². The molecule has 1 saturated heterocycles. The number of hydrogen-bond donors (Lipinski definition) is 0. The minimum absolute atomic E-state index is 0.00303. The van der Waals surface area contributed by atoms with Gasteiger partial charge < -0.3 is 23.4 Å². The van der Waals surface area contributed by atoms with E-state index in [0.29, 0.717) is 29.4 Å². The maximum atomic E-state index is 12.8. The van der Waals surface area contributed by atoms with Crippen molar-refractivity contribution in [2.75, 3.05) is 20.5 Å². The van der Waals surface area contributed by atoms with Gasteiger partial charge in [0, 0.05) is 11.6 Å². The highest BCUT2D eigenvalue weighted by atomic mass is 32.2. The molecule has 0 unspecified atom stereocenters. The molecule has 0 bridgehead atoms. The summed E-state index contributed by atoms with van der Waals surface area (Å²) in [5, 5.41) is -0.444. The summed E-state index contributed by atoms with van der Waals surface area (Å²) >= 11 is 0.811. The number of amides is 2. The number of nitrogens with zero attached hydrogens (tertiary/aromatic N) is 1. The molecule has 4 rings (SSSR count). The lowest BCUT2D eigenvalue weighted by Crippen LogP contribution is -2.27. The van der Waals surface area contributed by atoms with E-state index in [9.17, 15) is 14.4 Å². The maximum absolute atomic E-state index is 12.8. The van der Waals surface area contributed by atoms with E-state index in [4.69, 9.17) is 18.6 Å². The number of carbonyl (C=O) groups excluding carboxylic acids is 3. The molecule has 2 aromatic rings. The van der Waals surface area contributed by atoms with Crippen molar-refractivity contribution in [2.24, 2.45) is 0 Å². The molecule has 1 aromatic carbocycles. The molecule has 1 aromatic heterocycles. The second-order valence-corrected chi connectivity index (χ2v) is 7.19. The van der Waals surface area contributed by atoms with E-state index >= 15 is 0 Å². The predicted molar refractivity (Wildman–Crippen MR) is 105 cm³/mol. The Kier molecular flexibility index (Phi) is 5.40. The van der Waals surface area contributed by atoms with Gasteiger partial charge in [0.2, 0.25) is 12.6 Å². The van der Waals surface area contributed by atoms with Crippen LogP contribution in [0.2, 0.25) is 0 Å². The Bertz CT molecular complexity index is 1060. The van der Waals surface area contributed by atoms with Crippen molar-refractivity contribution in [3.63, 3.8) is 0 Å². The normalized spacial score (nSPS) is 16.5. The molecule has 30 heavy (non-hydrogen) atoms. The molecule has 2 aliphatic heterocycles. The number of carbonyl (C=O) groups is 3. The second-order valence-electron chi connectivity index (χ2n) is 6.20.